The molecule has 0 saturated heterocycles. The van der Waals surface area contributed by atoms with Crippen molar-refractivity contribution in [2.24, 2.45) is 0 Å². The van der Waals surface area contributed by atoms with Gasteiger partial charge in [-0.05, 0) is 50.3 Å². The van der Waals surface area contributed by atoms with Crippen molar-refractivity contribution in [3.63, 3.8) is 0 Å². The maximum absolute atomic E-state index is 12.8. The zero-order valence-electron chi connectivity index (χ0n) is 13.9. The number of nitrogens with one attached hydrogen (secondary N) is 1. The molecule has 2 aromatic carbocycles. The molecule has 1 N–H and O–H groups in total. The quantitative estimate of drug-likeness (QED) is 0.863. The molecule has 2 amide bonds. The van der Waals surface area contributed by atoms with Crippen LogP contribution in [-0.2, 0) is 6.42 Å². The van der Waals surface area contributed by atoms with Crippen LogP contribution in [0.15, 0.2) is 48.5 Å². The molecule has 0 spiro atoms. The summed E-state index contributed by atoms with van der Waals surface area (Å²) in [5, 5.41) is 3.14. The molecule has 0 saturated carbocycles. The Morgan fingerprint density at radius 3 is 2.61 bits per heavy atom. The number of nitrogens with zero attached hydrogens (tertiary/aromatic N) is 1. The van der Waals surface area contributed by atoms with Gasteiger partial charge in [0, 0.05) is 12.2 Å². The highest BCUT2D eigenvalue weighted by atomic mass is 16.2. The molecule has 1 aliphatic heterocycles. The molecule has 1 heterocycles. The molecule has 1 atom stereocenters. The lowest BCUT2D eigenvalue weighted by atomic mass is 10.1. The number of aryl methyl sites for hydroxylation is 2. The average Bonchev–Trinajstić information content (AvgIpc) is 2.77. The zero-order valence-corrected chi connectivity index (χ0v) is 13.9. The summed E-state index contributed by atoms with van der Waals surface area (Å²) in [6, 6.07) is 16.6. The summed E-state index contributed by atoms with van der Waals surface area (Å²) in [5.74, 6) is 0. The van der Waals surface area contributed by atoms with Gasteiger partial charge in [-0.25, -0.2) is 4.79 Å². The lowest BCUT2D eigenvalue weighted by Crippen LogP contribution is -2.41. The van der Waals surface area contributed by atoms with E-state index in [0.717, 1.165) is 37.1 Å². The van der Waals surface area contributed by atoms with E-state index < -0.39 is 0 Å². The first-order valence-electron chi connectivity index (χ1n) is 8.37. The molecule has 0 radical (unpaired) electrons. The van der Waals surface area contributed by atoms with Gasteiger partial charge < -0.3 is 5.32 Å². The van der Waals surface area contributed by atoms with E-state index in [1.807, 2.05) is 17.9 Å². The second kappa shape index (κ2) is 6.86. The number of carbonyl (C=O) groups excluding carboxylic acids is 1. The van der Waals surface area contributed by atoms with Gasteiger partial charge in [-0.1, -0.05) is 48.0 Å². The van der Waals surface area contributed by atoms with Crippen molar-refractivity contribution < 1.29 is 4.79 Å². The molecule has 0 aromatic heterocycles. The number of hydrogen-bond donors (Lipinski definition) is 1. The normalized spacial score (nSPS) is 15.5. The number of amides is 2. The molecule has 0 aliphatic carbocycles. The fourth-order valence-electron chi connectivity index (χ4n) is 3.10. The first-order chi connectivity index (χ1) is 11.1. The molecule has 1 aliphatic rings. The number of hydrogen-bond acceptors (Lipinski definition) is 1. The van der Waals surface area contributed by atoms with Crippen LogP contribution in [0.2, 0.25) is 0 Å². The van der Waals surface area contributed by atoms with Crippen LogP contribution < -0.4 is 10.2 Å². The number of carbonyl (C=O) groups is 1. The standard InChI is InChI=1S/C20H24N2O/c1-15-10-12-17(13-11-15)16(2)21-20(23)22-14-6-5-8-18-7-3-4-9-19(18)22/h3-4,7,9-13,16H,5-6,8,14H2,1-2H3,(H,21,23)/t16-/m1/s1. The summed E-state index contributed by atoms with van der Waals surface area (Å²) in [4.78, 5) is 14.7. The predicted octanol–water partition coefficient (Wildman–Crippen LogP) is 4.61. The second-order valence-corrected chi connectivity index (χ2v) is 6.32. The van der Waals surface area contributed by atoms with Gasteiger partial charge in [-0.15, -0.1) is 0 Å². The highest BCUT2D eigenvalue weighted by Gasteiger charge is 2.22. The van der Waals surface area contributed by atoms with Crippen molar-refractivity contribution in [1.82, 2.24) is 5.32 Å². The molecule has 3 nitrogen and oxygen atoms in total. The number of urea groups is 1. The molecule has 120 valence electrons. The number of fused-ring (bicyclic) bond motifs is 1. The van der Waals surface area contributed by atoms with E-state index in [9.17, 15) is 4.79 Å². The number of benzene rings is 2. The fraction of sp³-hybridized carbons (Fsp3) is 0.350. The van der Waals surface area contributed by atoms with E-state index in [1.165, 1.54) is 11.1 Å². The number of para-hydroxylation sites is 1. The first kappa shape index (κ1) is 15.6. The summed E-state index contributed by atoms with van der Waals surface area (Å²) in [7, 11) is 0. The summed E-state index contributed by atoms with van der Waals surface area (Å²) in [5.41, 5.74) is 4.68. The minimum Gasteiger partial charge on any atom is -0.331 e. The molecule has 23 heavy (non-hydrogen) atoms. The monoisotopic (exact) mass is 308 g/mol. The van der Waals surface area contributed by atoms with E-state index in [1.54, 1.807) is 0 Å². The highest BCUT2D eigenvalue weighted by molar-refractivity contribution is 5.93. The Labute approximate surface area is 138 Å². The third-order valence-corrected chi connectivity index (χ3v) is 4.52. The van der Waals surface area contributed by atoms with Crippen molar-refractivity contribution >= 4 is 11.7 Å². The minimum atomic E-state index is -0.00701. The van der Waals surface area contributed by atoms with Gasteiger partial charge in [0.2, 0.25) is 0 Å². The Morgan fingerprint density at radius 1 is 1.09 bits per heavy atom. The lowest BCUT2D eigenvalue weighted by Gasteiger charge is -2.25. The Hall–Kier alpha value is -2.29. The maximum atomic E-state index is 12.8. The van der Waals surface area contributed by atoms with Crippen molar-refractivity contribution in [1.29, 1.82) is 0 Å². The van der Waals surface area contributed by atoms with Crippen LogP contribution in [0.1, 0.15) is 42.5 Å². The molecular weight excluding hydrogens is 284 g/mol. The van der Waals surface area contributed by atoms with Crippen LogP contribution in [0.4, 0.5) is 10.5 Å². The third-order valence-electron chi connectivity index (χ3n) is 4.52. The number of anilines is 1. The zero-order chi connectivity index (χ0) is 16.2. The second-order valence-electron chi connectivity index (χ2n) is 6.32. The predicted molar refractivity (Wildman–Crippen MR) is 94.9 cm³/mol. The van der Waals surface area contributed by atoms with Gasteiger partial charge in [0.1, 0.15) is 0 Å². The van der Waals surface area contributed by atoms with Crippen LogP contribution in [-0.4, -0.2) is 12.6 Å². The van der Waals surface area contributed by atoms with E-state index in [-0.39, 0.29) is 12.1 Å². The molecule has 2 aromatic rings. The lowest BCUT2D eigenvalue weighted by molar-refractivity contribution is 0.243. The molecule has 0 unspecified atom stereocenters. The van der Waals surface area contributed by atoms with Crippen LogP contribution in [0, 0.1) is 6.92 Å². The smallest absolute Gasteiger partial charge is 0.322 e. The van der Waals surface area contributed by atoms with Crippen molar-refractivity contribution in [2.45, 2.75) is 39.2 Å². The van der Waals surface area contributed by atoms with Crippen LogP contribution in [0.5, 0.6) is 0 Å². The summed E-state index contributed by atoms with van der Waals surface area (Å²) < 4.78 is 0. The molecular formula is C20H24N2O. The SMILES string of the molecule is Cc1ccc([C@@H](C)NC(=O)N2CCCCc3ccccc32)cc1. The van der Waals surface area contributed by atoms with Crippen LogP contribution in [0.3, 0.4) is 0 Å². The van der Waals surface area contributed by atoms with E-state index in [4.69, 9.17) is 0 Å². The van der Waals surface area contributed by atoms with Gasteiger partial charge in [0.15, 0.2) is 0 Å². The number of rotatable bonds is 2. The molecule has 3 heteroatoms. The van der Waals surface area contributed by atoms with Gasteiger partial charge in [-0.3, -0.25) is 4.90 Å². The maximum Gasteiger partial charge on any atom is 0.322 e. The topological polar surface area (TPSA) is 32.3 Å². The Kier molecular flexibility index (Phi) is 4.65. The van der Waals surface area contributed by atoms with Gasteiger partial charge in [-0.2, -0.15) is 0 Å². The highest BCUT2D eigenvalue weighted by Crippen LogP contribution is 2.26. The summed E-state index contributed by atoms with van der Waals surface area (Å²) >= 11 is 0. The summed E-state index contributed by atoms with van der Waals surface area (Å²) in [6.07, 6.45) is 3.22. The van der Waals surface area contributed by atoms with Gasteiger partial charge in [0.05, 0.1) is 6.04 Å². The van der Waals surface area contributed by atoms with Crippen LogP contribution in [0.25, 0.3) is 0 Å². The minimum absolute atomic E-state index is 0.00137. The Morgan fingerprint density at radius 2 is 1.83 bits per heavy atom. The average molecular weight is 308 g/mol. The van der Waals surface area contributed by atoms with E-state index >= 15 is 0 Å². The Bertz CT molecular complexity index is 678. The Balaban J connectivity index is 1.76. The molecule has 0 fully saturated rings. The van der Waals surface area contributed by atoms with Crippen molar-refractivity contribution in [3.05, 3.63) is 65.2 Å². The van der Waals surface area contributed by atoms with Crippen molar-refractivity contribution in [3.8, 4) is 0 Å². The third kappa shape index (κ3) is 3.55. The largest absolute Gasteiger partial charge is 0.331 e. The van der Waals surface area contributed by atoms with E-state index in [0.29, 0.717) is 0 Å². The molecule has 0 bridgehead atoms. The van der Waals surface area contributed by atoms with Gasteiger partial charge in [0.25, 0.3) is 0 Å². The van der Waals surface area contributed by atoms with Crippen LogP contribution >= 0.6 is 0 Å². The van der Waals surface area contributed by atoms with Crippen molar-refractivity contribution in [2.75, 3.05) is 11.4 Å². The molecule has 3 rings (SSSR count). The fourth-order valence-corrected chi connectivity index (χ4v) is 3.10. The summed E-state index contributed by atoms with van der Waals surface area (Å²) in [6.45, 7) is 4.89. The van der Waals surface area contributed by atoms with E-state index in [2.05, 4.69) is 54.7 Å². The first-order valence-corrected chi connectivity index (χ1v) is 8.37. The van der Waals surface area contributed by atoms with Gasteiger partial charge >= 0.3 is 6.03 Å².